The van der Waals surface area contributed by atoms with Gasteiger partial charge in [0.1, 0.15) is 0 Å². The Morgan fingerprint density at radius 1 is 0.774 bits per heavy atom. The monoisotopic (exact) mass is 484 g/mol. The average molecular weight is 484 g/mol. The van der Waals surface area contributed by atoms with Crippen molar-refractivity contribution >= 4 is 24.6 Å². The predicted molar refractivity (Wildman–Crippen MR) is 76.6 cm³/mol. The summed E-state index contributed by atoms with van der Waals surface area (Å²) in [6, 6.07) is 0. The first-order chi connectivity index (χ1) is 13.9. The van der Waals surface area contributed by atoms with Gasteiger partial charge in [0.15, 0.2) is 13.2 Å². The van der Waals surface area contributed by atoms with Crippen LogP contribution in [0.25, 0.3) is 0 Å². The summed E-state index contributed by atoms with van der Waals surface area (Å²) in [6.07, 6.45) is -16.1. The molecule has 0 spiro atoms. The molecular formula is C12H15F7O12. The van der Waals surface area contributed by atoms with Crippen LogP contribution in [0, 0.1) is 0 Å². The van der Waals surface area contributed by atoms with E-state index in [1.54, 1.807) is 6.92 Å². The Labute approximate surface area is 167 Å². The molecule has 0 heterocycles. The molecule has 31 heavy (non-hydrogen) atoms. The lowest BCUT2D eigenvalue weighted by atomic mass is 10.7. The minimum absolute atomic E-state index is 0.368. The largest absolute Gasteiger partial charge is 0.510 e. The Balaban J connectivity index is -0.000000404. The van der Waals surface area contributed by atoms with E-state index in [9.17, 15) is 49.9 Å². The van der Waals surface area contributed by atoms with Crippen molar-refractivity contribution < 1.29 is 88.5 Å². The van der Waals surface area contributed by atoms with Crippen LogP contribution < -0.4 is 0 Å². The topological polar surface area (TPSA) is 164 Å². The first kappa shape index (κ1) is 32.3. The highest BCUT2D eigenvalue weighted by Crippen LogP contribution is 2.17. The van der Waals surface area contributed by atoms with Crippen molar-refractivity contribution in [1.29, 1.82) is 0 Å². The Morgan fingerprint density at radius 3 is 1.32 bits per heavy atom. The third-order valence-corrected chi connectivity index (χ3v) is 1.52. The summed E-state index contributed by atoms with van der Waals surface area (Å²) in [5, 5.41) is 15.3. The smallest absolute Gasteiger partial charge is 0.450 e. The molecule has 0 aromatic carbocycles. The van der Waals surface area contributed by atoms with Gasteiger partial charge in [0.2, 0.25) is 0 Å². The molecule has 12 nitrogen and oxygen atoms in total. The lowest BCUT2D eigenvalue weighted by molar-refractivity contribution is -0.182. The summed E-state index contributed by atoms with van der Waals surface area (Å²) in [6.45, 7) is -4.66. The second kappa shape index (κ2) is 16.4. The maximum Gasteiger partial charge on any atom is 0.510 e. The maximum absolute atomic E-state index is 11.7. The summed E-state index contributed by atoms with van der Waals surface area (Å²) < 4.78 is 101. The van der Waals surface area contributed by atoms with Gasteiger partial charge in [-0.1, -0.05) is 0 Å². The zero-order valence-electron chi connectivity index (χ0n) is 15.3. The summed E-state index contributed by atoms with van der Waals surface area (Å²) in [5.41, 5.74) is 0. The number of hydrogen-bond donors (Lipinski definition) is 2. The van der Waals surface area contributed by atoms with Crippen molar-refractivity contribution in [3.8, 4) is 0 Å². The molecule has 19 heteroatoms. The number of halogens is 7. The number of alkyl halides is 7. The molecular weight excluding hydrogens is 469 g/mol. The second-order valence-corrected chi connectivity index (χ2v) is 3.99. The predicted octanol–water partition coefficient (Wildman–Crippen LogP) is 3.68. The van der Waals surface area contributed by atoms with Gasteiger partial charge in [-0.15, -0.1) is 0 Å². The van der Waals surface area contributed by atoms with Gasteiger partial charge in [-0.3, -0.25) is 0 Å². The molecule has 0 saturated heterocycles. The quantitative estimate of drug-likeness (QED) is 0.252. The molecule has 0 aliphatic carbocycles. The molecule has 0 aromatic heterocycles. The minimum atomic E-state index is -4.79. The zero-order valence-corrected chi connectivity index (χ0v) is 15.3. The van der Waals surface area contributed by atoms with Gasteiger partial charge in [-0.05, 0) is 6.92 Å². The van der Waals surface area contributed by atoms with E-state index in [0.717, 1.165) is 0 Å². The van der Waals surface area contributed by atoms with E-state index < -0.39 is 56.7 Å². The normalized spacial score (nSPS) is 10.3. The molecule has 0 aliphatic rings. The van der Waals surface area contributed by atoms with Crippen molar-refractivity contribution in [1.82, 2.24) is 0 Å². The molecule has 0 atom stereocenters. The van der Waals surface area contributed by atoms with E-state index in [1.165, 1.54) is 7.11 Å². The standard InChI is InChI=1S/C5H4F6O3.C4H8O3.C3H3FO6/c6-4(7,8)1-13-3(12)14-2-5(9,10)11;1-3-7-4(5)6-2;4-1(9-2(5)6)10-3(7)8/h1-2H2;3H2,1-2H3;1H,(H,5,6)(H,7,8). The van der Waals surface area contributed by atoms with Gasteiger partial charge < -0.3 is 38.6 Å². The molecule has 0 unspecified atom stereocenters. The van der Waals surface area contributed by atoms with Crippen LogP contribution in [-0.2, 0) is 28.4 Å². The number of carbonyl (C=O) groups is 4. The van der Waals surface area contributed by atoms with Crippen LogP contribution in [0.4, 0.5) is 49.9 Å². The van der Waals surface area contributed by atoms with Crippen molar-refractivity contribution in [2.45, 2.75) is 25.8 Å². The Hall–Kier alpha value is -3.41. The van der Waals surface area contributed by atoms with E-state index in [2.05, 4.69) is 28.4 Å². The van der Waals surface area contributed by atoms with Gasteiger partial charge in [-0.2, -0.15) is 30.7 Å². The minimum Gasteiger partial charge on any atom is -0.450 e. The van der Waals surface area contributed by atoms with E-state index in [0.29, 0.717) is 6.61 Å². The maximum atomic E-state index is 11.7. The van der Waals surface area contributed by atoms with Gasteiger partial charge >= 0.3 is 43.5 Å². The molecule has 0 fully saturated rings. The number of carbonyl (C=O) groups excluding carboxylic acids is 2. The molecule has 0 aliphatic heterocycles. The van der Waals surface area contributed by atoms with Crippen LogP contribution in [0.3, 0.4) is 0 Å². The van der Waals surface area contributed by atoms with Crippen LogP contribution in [0.1, 0.15) is 6.92 Å². The van der Waals surface area contributed by atoms with Crippen molar-refractivity contribution in [2.75, 3.05) is 26.9 Å². The van der Waals surface area contributed by atoms with Crippen LogP contribution in [0.15, 0.2) is 0 Å². The molecule has 0 rings (SSSR count). The number of methoxy groups -OCH3 is 1. The number of rotatable bonds is 5. The lowest BCUT2D eigenvalue weighted by Gasteiger charge is -2.09. The van der Waals surface area contributed by atoms with Crippen LogP contribution in [0.2, 0.25) is 0 Å². The van der Waals surface area contributed by atoms with Gasteiger partial charge in [0, 0.05) is 0 Å². The fourth-order valence-electron chi connectivity index (χ4n) is 0.683. The Bertz CT molecular complexity index is 513. The molecule has 0 radical (unpaired) electrons. The van der Waals surface area contributed by atoms with Crippen molar-refractivity contribution in [3.63, 3.8) is 0 Å². The fourth-order valence-corrected chi connectivity index (χ4v) is 0.683. The van der Waals surface area contributed by atoms with Crippen molar-refractivity contribution in [3.05, 3.63) is 0 Å². The number of ether oxygens (including phenoxy) is 6. The third kappa shape index (κ3) is 34.5. The lowest BCUT2D eigenvalue weighted by Crippen LogP contribution is -2.24. The van der Waals surface area contributed by atoms with Crippen LogP contribution in [-0.4, -0.2) is 80.7 Å². The Kier molecular flexibility index (Phi) is 17.1. The molecule has 2 N–H and O–H groups in total. The zero-order chi connectivity index (χ0) is 25.3. The highest BCUT2D eigenvalue weighted by Gasteiger charge is 2.33. The van der Waals surface area contributed by atoms with Gasteiger partial charge in [0.25, 0.3) is 0 Å². The summed E-state index contributed by atoms with van der Waals surface area (Å²) in [7, 11) is 1.28. The van der Waals surface area contributed by atoms with E-state index in [-0.39, 0.29) is 0 Å². The average Bonchev–Trinajstić information content (AvgIpc) is 2.56. The first-order valence-corrected chi connectivity index (χ1v) is 7.00. The summed E-state index contributed by atoms with van der Waals surface area (Å²) in [5.74, 6) is 0. The highest BCUT2D eigenvalue weighted by molar-refractivity contribution is 5.60. The SMILES string of the molecule is CCOC(=O)OC.O=C(O)OC(F)OC(=O)O.O=C(OCC(F)(F)F)OCC(F)(F)F. The van der Waals surface area contributed by atoms with Gasteiger partial charge in [-0.25, -0.2) is 19.2 Å². The molecule has 0 bridgehead atoms. The van der Waals surface area contributed by atoms with Crippen LogP contribution in [0.5, 0.6) is 0 Å². The molecule has 184 valence electrons. The fraction of sp³-hybridized carbons (Fsp3) is 0.667. The first-order valence-electron chi connectivity index (χ1n) is 7.00. The Morgan fingerprint density at radius 2 is 1.13 bits per heavy atom. The van der Waals surface area contributed by atoms with Gasteiger partial charge in [0.05, 0.1) is 13.7 Å². The van der Waals surface area contributed by atoms with Crippen LogP contribution >= 0.6 is 0 Å². The van der Waals surface area contributed by atoms with E-state index >= 15 is 0 Å². The number of carboxylic acid groups (broad SMARTS) is 2. The van der Waals surface area contributed by atoms with Crippen molar-refractivity contribution in [2.24, 2.45) is 0 Å². The molecule has 0 aromatic rings. The summed E-state index contributed by atoms with van der Waals surface area (Å²) in [4.78, 5) is 39.0. The molecule has 0 saturated carbocycles. The second-order valence-electron chi connectivity index (χ2n) is 3.99. The van der Waals surface area contributed by atoms with E-state index in [4.69, 9.17) is 10.2 Å². The number of hydrogen-bond acceptors (Lipinski definition) is 10. The summed E-state index contributed by atoms with van der Waals surface area (Å²) >= 11 is 0. The third-order valence-electron chi connectivity index (χ3n) is 1.52. The van der Waals surface area contributed by atoms with E-state index in [1.807, 2.05) is 0 Å². The highest BCUT2D eigenvalue weighted by atomic mass is 19.4. The molecule has 0 amide bonds.